The minimum atomic E-state index is -0.458. The second-order valence-corrected chi connectivity index (χ2v) is 7.26. The lowest BCUT2D eigenvalue weighted by Crippen LogP contribution is -2.51. The molecule has 0 amide bonds. The van der Waals surface area contributed by atoms with Crippen LogP contribution < -0.4 is 5.32 Å². The van der Waals surface area contributed by atoms with Gasteiger partial charge in [-0.1, -0.05) is 30.0 Å². The first-order chi connectivity index (χ1) is 9.96. The van der Waals surface area contributed by atoms with Crippen molar-refractivity contribution in [1.29, 1.82) is 0 Å². The zero-order chi connectivity index (χ0) is 15.3. The van der Waals surface area contributed by atoms with Crippen molar-refractivity contribution in [3.8, 4) is 0 Å². The topological polar surface area (TPSA) is 41.6 Å². The van der Waals surface area contributed by atoms with Crippen LogP contribution in [0.15, 0.2) is 35.2 Å². The normalized spacial score (nSPS) is 18.2. The Labute approximate surface area is 131 Å². The highest BCUT2D eigenvalue weighted by molar-refractivity contribution is 8.00. The summed E-state index contributed by atoms with van der Waals surface area (Å²) in [5.74, 6) is -0.154. The average Bonchev–Trinajstić information content (AvgIpc) is 2.45. The molecule has 2 rings (SSSR count). The Balaban J connectivity index is 2.11. The van der Waals surface area contributed by atoms with Gasteiger partial charge < -0.3 is 10.1 Å². The highest BCUT2D eigenvalue weighted by atomic mass is 32.2. The summed E-state index contributed by atoms with van der Waals surface area (Å²) in [6, 6.07) is 10.0. The maximum absolute atomic E-state index is 12.6. The van der Waals surface area contributed by atoms with Crippen molar-refractivity contribution in [3.05, 3.63) is 30.3 Å². The molecule has 21 heavy (non-hydrogen) atoms. The van der Waals surface area contributed by atoms with Gasteiger partial charge in [-0.15, -0.1) is 0 Å². The van der Waals surface area contributed by atoms with Gasteiger partial charge in [-0.05, 0) is 32.9 Å². The van der Waals surface area contributed by atoms with E-state index in [4.69, 9.17) is 4.74 Å². The fourth-order valence-electron chi connectivity index (χ4n) is 2.17. The van der Waals surface area contributed by atoms with Crippen LogP contribution in [0.5, 0.6) is 0 Å². The molecule has 1 heterocycles. The number of esters is 1. The Morgan fingerprint density at radius 3 is 2.43 bits per heavy atom. The molecule has 0 radical (unpaired) electrons. The second-order valence-electron chi connectivity index (χ2n) is 6.10. The molecule has 1 fully saturated rings. The minimum absolute atomic E-state index is 0.154. The van der Waals surface area contributed by atoms with Crippen molar-refractivity contribution in [2.75, 3.05) is 26.2 Å². The molecule has 4 nitrogen and oxygen atoms in total. The van der Waals surface area contributed by atoms with Crippen LogP contribution in [0.25, 0.3) is 0 Å². The molecule has 1 atom stereocenters. The third kappa shape index (κ3) is 5.34. The lowest BCUT2D eigenvalue weighted by Gasteiger charge is -2.34. The molecule has 0 aliphatic carbocycles. The van der Waals surface area contributed by atoms with Crippen molar-refractivity contribution >= 4 is 17.7 Å². The molecule has 0 bridgehead atoms. The van der Waals surface area contributed by atoms with E-state index in [1.165, 1.54) is 0 Å². The number of nitrogens with zero attached hydrogens (tertiary/aromatic N) is 1. The fourth-order valence-corrected chi connectivity index (χ4v) is 3.24. The second kappa shape index (κ2) is 7.29. The number of hydrogen-bond donors (Lipinski definition) is 1. The van der Waals surface area contributed by atoms with Gasteiger partial charge in [-0.2, -0.15) is 0 Å². The summed E-state index contributed by atoms with van der Waals surface area (Å²) in [4.78, 5) is 15.8. The molecular formula is C16H24N2O2S. The van der Waals surface area contributed by atoms with Crippen molar-refractivity contribution in [3.63, 3.8) is 0 Å². The van der Waals surface area contributed by atoms with E-state index < -0.39 is 5.60 Å². The maximum atomic E-state index is 12.6. The van der Waals surface area contributed by atoms with Gasteiger partial charge in [-0.25, -0.2) is 4.79 Å². The molecule has 1 unspecified atom stereocenters. The Kier molecular flexibility index (Phi) is 5.67. The zero-order valence-electron chi connectivity index (χ0n) is 13.0. The number of thioether (sulfide) groups is 1. The molecule has 1 aliphatic heterocycles. The van der Waals surface area contributed by atoms with Crippen molar-refractivity contribution in [2.24, 2.45) is 0 Å². The quantitative estimate of drug-likeness (QED) is 0.683. The maximum Gasteiger partial charge on any atom is 0.334 e. The molecule has 0 spiro atoms. The zero-order valence-corrected chi connectivity index (χ0v) is 13.8. The van der Waals surface area contributed by atoms with Crippen molar-refractivity contribution in [2.45, 2.75) is 36.6 Å². The van der Waals surface area contributed by atoms with Crippen molar-refractivity contribution < 1.29 is 9.53 Å². The van der Waals surface area contributed by atoms with Gasteiger partial charge in [0.2, 0.25) is 0 Å². The van der Waals surface area contributed by atoms with Gasteiger partial charge in [-0.3, -0.25) is 4.90 Å². The highest BCUT2D eigenvalue weighted by Crippen LogP contribution is 2.28. The minimum Gasteiger partial charge on any atom is -0.458 e. The van der Waals surface area contributed by atoms with E-state index >= 15 is 0 Å². The third-order valence-corrected chi connectivity index (χ3v) is 4.34. The summed E-state index contributed by atoms with van der Waals surface area (Å²) in [6.07, 6.45) is 0. The third-order valence-electron chi connectivity index (χ3n) is 3.08. The van der Waals surface area contributed by atoms with E-state index in [1.54, 1.807) is 11.8 Å². The molecule has 1 N–H and O–H groups in total. The first kappa shape index (κ1) is 16.3. The molecule has 1 aromatic rings. The number of carbonyl (C=O) groups is 1. The Hall–Kier alpha value is -1.04. The van der Waals surface area contributed by atoms with Crippen LogP contribution in [0.3, 0.4) is 0 Å². The predicted octanol–water partition coefficient (Wildman–Crippen LogP) is 2.35. The predicted molar refractivity (Wildman–Crippen MR) is 86.4 cm³/mol. The van der Waals surface area contributed by atoms with E-state index in [1.807, 2.05) is 51.1 Å². The molecule has 1 saturated heterocycles. The molecule has 1 aliphatic rings. The molecule has 1 aromatic carbocycles. The van der Waals surface area contributed by atoms with Gasteiger partial charge in [0.1, 0.15) is 5.60 Å². The van der Waals surface area contributed by atoms with Crippen LogP contribution in [0.1, 0.15) is 20.8 Å². The number of hydrogen-bond acceptors (Lipinski definition) is 5. The molecule has 5 heteroatoms. The van der Waals surface area contributed by atoms with E-state index in [-0.39, 0.29) is 11.3 Å². The summed E-state index contributed by atoms with van der Waals surface area (Å²) >= 11 is 1.57. The number of ether oxygens (including phenoxy) is 1. The van der Waals surface area contributed by atoms with Gasteiger partial charge in [0.05, 0.1) is 0 Å². The van der Waals surface area contributed by atoms with Gasteiger partial charge in [0.25, 0.3) is 0 Å². The first-order valence-corrected chi connectivity index (χ1v) is 8.23. The lowest BCUT2D eigenvalue weighted by atomic mass is 10.2. The Morgan fingerprint density at radius 1 is 1.24 bits per heavy atom. The molecular weight excluding hydrogens is 284 g/mol. The largest absolute Gasteiger partial charge is 0.458 e. The standard InChI is InChI=1S/C16H24N2O2S/c1-16(2,3)20-15(19)14(18-11-9-17-10-12-18)21-13-7-5-4-6-8-13/h4-8,14,17H,9-12H2,1-3H3. The summed E-state index contributed by atoms with van der Waals surface area (Å²) in [6.45, 7) is 9.28. The number of benzene rings is 1. The lowest BCUT2D eigenvalue weighted by molar-refractivity contribution is -0.157. The van der Waals surface area contributed by atoms with Crippen LogP contribution >= 0.6 is 11.8 Å². The van der Waals surface area contributed by atoms with Crippen LogP contribution in [-0.2, 0) is 9.53 Å². The summed E-state index contributed by atoms with van der Waals surface area (Å²) in [5.41, 5.74) is -0.458. The SMILES string of the molecule is CC(C)(C)OC(=O)C(Sc1ccccc1)N1CCNCC1. The van der Waals surface area contributed by atoms with Crippen LogP contribution in [0.2, 0.25) is 0 Å². The van der Waals surface area contributed by atoms with E-state index in [2.05, 4.69) is 10.2 Å². The van der Waals surface area contributed by atoms with Crippen molar-refractivity contribution in [1.82, 2.24) is 10.2 Å². The van der Waals surface area contributed by atoms with Gasteiger partial charge >= 0.3 is 5.97 Å². The molecule has 0 saturated carbocycles. The fraction of sp³-hybridized carbons (Fsp3) is 0.562. The smallest absolute Gasteiger partial charge is 0.334 e. The van der Waals surface area contributed by atoms with E-state index in [0.29, 0.717) is 0 Å². The molecule has 116 valence electrons. The van der Waals surface area contributed by atoms with Gasteiger partial charge in [0, 0.05) is 31.1 Å². The monoisotopic (exact) mass is 308 g/mol. The van der Waals surface area contributed by atoms with Gasteiger partial charge in [0.15, 0.2) is 5.37 Å². The average molecular weight is 308 g/mol. The molecule has 0 aromatic heterocycles. The number of nitrogens with one attached hydrogen (secondary N) is 1. The Bertz CT molecular complexity index is 453. The first-order valence-electron chi connectivity index (χ1n) is 7.35. The van der Waals surface area contributed by atoms with Crippen LogP contribution in [-0.4, -0.2) is 48.0 Å². The summed E-state index contributed by atoms with van der Waals surface area (Å²) in [5, 5.41) is 3.03. The van der Waals surface area contributed by atoms with Crippen LogP contribution in [0, 0.1) is 0 Å². The highest BCUT2D eigenvalue weighted by Gasteiger charge is 2.32. The van der Waals surface area contributed by atoms with E-state index in [0.717, 1.165) is 31.1 Å². The van der Waals surface area contributed by atoms with Crippen LogP contribution in [0.4, 0.5) is 0 Å². The number of rotatable bonds is 4. The Morgan fingerprint density at radius 2 is 1.86 bits per heavy atom. The summed E-state index contributed by atoms with van der Waals surface area (Å²) < 4.78 is 5.60. The summed E-state index contributed by atoms with van der Waals surface area (Å²) in [7, 11) is 0. The van der Waals surface area contributed by atoms with E-state index in [9.17, 15) is 4.79 Å². The number of carbonyl (C=O) groups excluding carboxylic acids is 1. The number of piperazine rings is 1.